The first kappa shape index (κ1) is 15.1. The number of nitriles is 1. The second kappa shape index (κ2) is 7.48. The third kappa shape index (κ3) is 3.63. The van der Waals surface area contributed by atoms with Crippen molar-refractivity contribution in [3.05, 3.63) is 35.4 Å². The number of benzene rings is 1. The van der Waals surface area contributed by atoms with Gasteiger partial charge in [-0.1, -0.05) is 57.4 Å². The highest BCUT2D eigenvalue weighted by Gasteiger charge is 2.31. The fourth-order valence-electron chi connectivity index (χ4n) is 3.69. The van der Waals surface area contributed by atoms with Gasteiger partial charge in [-0.25, -0.2) is 0 Å². The first-order valence-corrected chi connectivity index (χ1v) is 8.26. The van der Waals surface area contributed by atoms with E-state index in [9.17, 15) is 5.26 Å². The molecule has 3 atom stereocenters. The molecule has 0 amide bonds. The van der Waals surface area contributed by atoms with E-state index in [0.717, 1.165) is 18.8 Å². The summed E-state index contributed by atoms with van der Waals surface area (Å²) < 4.78 is 0. The lowest BCUT2D eigenvalue weighted by Crippen LogP contribution is -2.22. The average Bonchev–Trinajstić information content (AvgIpc) is 2.49. The van der Waals surface area contributed by atoms with Crippen LogP contribution in [0.15, 0.2) is 24.3 Å². The molecule has 2 rings (SSSR count). The van der Waals surface area contributed by atoms with E-state index >= 15 is 0 Å². The molecule has 1 heteroatoms. The quantitative estimate of drug-likeness (QED) is 0.696. The van der Waals surface area contributed by atoms with Crippen molar-refractivity contribution in [2.24, 2.45) is 11.8 Å². The van der Waals surface area contributed by atoms with Crippen LogP contribution in [0.1, 0.15) is 69.4 Å². The minimum Gasteiger partial charge on any atom is -0.198 e. The van der Waals surface area contributed by atoms with E-state index < -0.39 is 0 Å². The van der Waals surface area contributed by atoms with Crippen LogP contribution < -0.4 is 0 Å². The van der Waals surface area contributed by atoms with Crippen molar-refractivity contribution < 1.29 is 0 Å². The lowest BCUT2D eigenvalue weighted by Gasteiger charge is -2.32. The summed E-state index contributed by atoms with van der Waals surface area (Å²) in [6, 6.07) is 11.6. The second-order valence-electron chi connectivity index (χ2n) is 6.30. The molecule has 0 N–H and O–H groups in total. The zero-order chi connectivity index (χ0) is 14.4. The maximum Gasteiger partial charge on any atom is 0.0662 e. The van der Waals surface area contributed by atoms with E-state index in [1.54, 1.807) is 0 Å². The summed E-state index contributed by atoms with van der Waals surface area (Å²) in [5.41, 5.74) is 2.80. The summed E-state index contributed by atoms with van der Waals surface area (Å²) in [4.78, 5) is 0. The summed E-state index contributed by atoms with van der Waals surface area (Å²) >= 11 is 0. The van der Waals surface area contributed by atoms with E-state index in [-0.39, 0.29) is 5.92 Å². The van der Waals surface area contributed by atoms with Gasteiger partial charge in [-0.3, -0.25) is 0 Å². The summed E-state index contributed by atoms with van der Waals surface area (Å²) in [5.74, 6) is 1.46. The van der Waals surface area contributed by atoms with Crippen molar-refractivity contribution in [3.63, 3.8) is 0 Å². The van der Waals surface area contributed by atoms with E-state index in [4.69, 9.17) is 0 Å². The molecule has 1 fully saturated rings. The highest BCUT2D eigenvalue weighted by atomic mass is 14.4. The molecule has 0 aliphatic heterocycles. The molecule has 1 aromatic rings. The molecule has 108 valence electrons. The molecule has 0 spiro atoms. The summed E-state index contributed by atoms with van der Waals surface area (Å²) in [6.45, 7) is 4.47. The number of aryl methyl sites for hydroxylation is 1. The number of hydrogen-bond donors (Lipinski definition) is 0. The number of nitrogens with zero attached hydrogens (tertiary/aromatic N) is 1. The molecule has 0 bridgehead atoms. The molecule has 1 saturated carbocycles. The van der Waals surface area contributed by atoms with Gasteiger partial charge in [0.15, 0.2) is 0 Å². The van der Waals surface area contributed by atoms with Crippen LogP contribution in [0.2, 0.25) is 0 Å². The van der Waals surface area contributed by atoms with E-state index in [0.29, 0.717) is 5.92 Å². The molecule has 0 heterocycles. The first-order chi connectivity index (χ1) is 9.78. The van der Waals surface area contributed by atoms with Gasteiger partial charge in [0.1, 0.15) is 0 Å². The Morgan fingerprint density at radius 3 is 2.45 bits per heavy atom. The monoisotopic (exact) mass is 269 g/mol. The zero-order valence-corrected chi connectivity index (χ0v) is 12.9. The Bertz CT molecular complexity index is 440. The van der Waals surface area contributed by atoms with Gasteiger partial charge in [0.2, 0.25) is 0 Å². The SMILES string of the molecule is CCCc1ccc(C2CCC(CCC)CC2C#N)cc1. The van der Waals surface area contributed by atoms with Crippen LogP contribution in [-0.2, 0) is 6.42 Å². The van der Waals surface area contributed by atoms with Crippen LogP contribution in [0.3, 0.4) is 0 Å². The van der Waals surface area contributed by atoms with Gasteiger partial charge in [-0.05, 0) is 48.6 Å². The second-order valence-corrected chi connectivity index (χ2v) is 6.30. The molecule has 0 saturated heterocycles. The third-order valence-electron chi connectivity index (χ3n) is 4.77. The lowest BCUT2D eigenvalue weighted by atomic mass is 9.71. The average molecular weight is 269 g/mol. The van der Waals surface area contributed by atoms with Gasteiger partial charge < -0.3 is 0 Å². The summed E-state index contributed by atoms with van der Waals surface area (Å²) in [6.07, 6.45) is 8.49. The molecule has 0 radical (unpaired) electrons. The Balaban J connectivity index is 2.06. The van der Waals surface area contributed by atoms with Crippen molar-refractivity contribution in [3.8, 4) is 6.07 Å². The molecule has 1 aromatic carbocycles. The smallest absolute Gasteiger partial charge is 0.0662 e. The van der Waals surface area contributed by atoms with Gasteiger partial charge in [0.05, 0.1) is 12.0 Å². The van der Waals surface area contributed by atoms with Crippen LogP contribution in [0, 0.1) is 23.2 Å². The maximum absolute atomic E-state index is 9.50. The summed E-state index contributed by atoms with van der Waals surface area (Å²) in [7, 11) is 0. The Kier molecular flexibility index (Phi) is 5.65. The topological polar surface area (TPSA) is 23.8 Å². The highest BCUT2D eigenvalue weighted by molar-refractivity contribution is 5.27. The molecular weight excluding hydrogens is 242 g/mol. The molecular formula is C19H27N. The molecule has 20 heavy (non-hydrogen) atoms. The number of hydrogen-bond acceptors (Lipinski definition) is 1. The molecule has 1 aliphatic rings. The fourth-order valence-corrected chi connectivity index (χ4v) is 3.69. The van der Waals surface area contributed by atoms with Crippen LogP contribution in [0.25, 0.3) is 0 Å². The van der Waals surface area contributed by atoms with Gasteiger partial charge in [0.25, 0.3) is 0 Å². The lowest BCUT2D eigenvalue weighted by molar-refractivity contribution is 0.261. The van der Waals surface area contributed by atoms with E-state index in [1.165, 1.54) is 43.2 Å². The minimum atomic E-state index is 0.220. The van der Waals surface area contributed by atoms with Crippen LogP contribution in [-0.4, -0.2) is 0 Å². The predicted octanol–water partition coefficient (Wildman–Crippen LogP) is 5.46. The largest absolute Gasteiger partial charge is 0.198 e. The van der Waals surface area contributed by atoms with Crippen molar-refractivity contribution >= 4 is 0 Å². The Labute approximate surface area is 124 Å². The van der Waals surface area contributed by atoms with Crippen molar-refractivity contribution in [1.29, 1.82) is 5.26 Å². The van der Waals surface area contributed by atoms with E-state index in [1.807, 2.05) is 0 Å². The van der Waals surface area contributed by atoms with Crippen molar-refractivity contribution in [2.75, 3.05) is 0 Å². The van der Waals surface area contributed by atoms with Gasteiger partial charge in [0, 0.05) is 0 Å². The summed E-state index contributed by atoms with van der Waals surface area (Å²) in [5, 5.41) is 9.50. The van der Waals surface area contributed by atoms with E-state index in [2.05, 4.69) is 44.2 Å². The molecule has 1 nitrogen and oxygen atoms in total. The van der Waals surface area contributed by atoms with Crippen LogP contribution in [0.5, 0.6) is 0 Å². The third-order valence-corrected chi connectivity index (χ3v) is 4.77. The normalized spacial score (nSPS) is 26.1. The Morgan fingerprint density at radius 1 is 1.10 bits per heavy atom. The van der Waals surface area contributed by atoms with Gasteiger partial charge in [-0.15, -0.1) is 0 Å². The molecule has 0 aromatic heterocycles. The predicted molar refractivity (Wildman–Crippen MR) is 84.5 cm³/mol. The first-order valence-electron chi connectivity index (χ1n) is 8.26. The highest BCUT2D eigenvalue weighted by Crippen LogP contribution is 2.41. The maximum atomic E-state index is 9.50. The van der Waals surface area contributed by atoms with Gasteiger partial charge in [-0.2, -0.15) is 5.26 Å². The van der Waals surface area contributed by atoms with Crippen molar-refractivity contribution in [2.45, 2.75) is 64.7 Å². The Hall–Kier alpha value is -1.29. The number of rotatable bonds is 5. The standard InChI is InChI=1S/C19H27N/c1-3-5-15-7-10-17(11-8-15)19-12-9-16(6-4-2)13-18(19)14-20/h7-8,10-11,16,18-19H,3-6,9,12-13H2,1-2H3. The van der Waals surface area contributed by atoms with Crippen LogP contribution in [0.4, 0.5) is 0 Å². The fraction of sp³-hybridized carbons (Fsp3) is 0.632. The minimum absolute atomic E-state index is 0.220. The molecule has 3 unspecified atom stereocenters. The Morgan fingerprint density at radius 2 is 1.85 bits per heavy atom. The zero-order valence-electron chi connectivity index (χ0n) is 12.9. The van der Waals surface area contributed by atoms with Crippen LogP contribution >= 0.6 is 0 Å². The van der Waals surface area contributed by atoms with Crippen molar-refractivity contribution in [1.82, 2.24) is 0 Å². The van der Waals surface area contributed by atoms with Gasteiger partial charge >= 0.3 is 0 Å². The molecule has 1 aliphatic carbocycles.